The van der Waals surface area contributed by atoms with E-state index in [2.05, 4.69) is 10.1 Å². The Balaban J connectivity index is 1.90. The number of carbonyl (C=O) groups excluding carboxylic acids is 1. The van der Waals surface area contributed by atoms with Crippen LogP contribution in [-0.2, 0) is 0 Å². The second-order valence-electron chi connectivity index (χ2n) is 6.69. The number of nitrogens with one attached hydrogen (secondary N) is 1. The fourth-order valence-electron chi connectivity index (χ4n) is 3.67. The van der Waals surface area contributed by atoms with Gasteiger partial charge in [0.2, 0.25) is 0 Å². The minimum atomic E-state index is -4.78. The van der Waals surface area contributed by atoms with Crippen LogP contribution in [0.25, 0.3) is 22.4 Å². The number of halogens is 3. The summed E-state index contributed by atoms with van der Waals surface area (Å²) in [6, 6.07) is 9.40. The van der Waals surface area contributed by atoms with Gasteiger partial charge in [0.05, 0.1) is 11.7 Å². The number of rotatable bonds is 5. The van der Waals surface area contributed by atoms with Crippen molar-refractivity contribution >= 4 is 17.2 Å². The largest absolute Gasteiger partial charge is 0.573 e. The number of thiophene rings is 1. The summed E-state index contributed by atoms with van der Waals surface area (Å²) in [5, 5.41) is 6.74. The fourth-order valence-corrected chi connectivity index (χ4v) is 4.31. The summed E-state index contributed by atoms with van der Waals surface area (Å²) in [6.07, 6.45) is -4.11. The number of benzene rings is 1. The van der Waals surface area contributed by atoms with Crippen molar-refractivity contribution in [3.05, 3.63) is 52.9 Å². The summed E-state index contributed by atoms with van der Waals surface area (Å²) >= 11 is 1.51. The molecule has 9 heteroatoms. The van der Waals surface area contributed by atoms with Crippen LogP contribution in [0.4, 0.5) is 13.2 Å². The van der Waals surface area contributed by atoms with Crippen LogP contribution < -0.4 is 15.8 Å². The predicted molar refractivity (Wildman–Crippen MR) is 105 cm³/mol. The number of aromatic nitrogens is 1. The van der Waals surface area contributed by atoms with Crippen LogP contribution in [0.1, 0.15) is 23.0 Å². The number of amides is 1. The van der Waals surface area contributed by atoms with Crippen molar-refractivity contribution < 1.29 is 22.7 Å². The van der Waals surface area contributed by atoms with Gasteiger partial charge in [-0.05, 0) is 48.2 Å². The van der Waals surface area contributed by atoms with Gasteiger partial charge in [-0.2, -0.15) is 11.3 Å². The SMILES string of the molecule is NCC[C@H]1CNC(=O)c2cc(-c3cccc(OC(F)(F)F)c3)c(-c3ccsc3)n21. The highest BCUT2D eigenvalue weighted by Gasteiger charge is 2.32. The van der Waals surface area contributed by atoms with Gasteiger partial charge in [0.1, 0.15) is 11.4 Å². The van der Waals surface area contributed by atoms with Crippen LogP contribution in [0.2, 0.25) is 0 Å². The molecule has 29 heavy (non-hydrogen) atoms. The third-order valence-electron chi connectivity index (χ3n) is 4.81. The fraction of sp³-hybridized carbons (Fsp3) is 0.250. The predicted octanol–water partition coefficient (Wildman–Crippen LogP) is 4.42. The third kappa shape index (κ3) is 3.88. The Hall–Kier alpha value is -2.78. The van der Waals surface area contributed by atoms with Gasteiger partial charge in [0.25, 0.3) is 5.91 Å². The van der Waals surface area contributed by atoms with Crippen molar-refractivity contribution in [2.45, 2.75) is 18.8 Å². The summed E-state index contributed by atoms with van der Waals surface area (Å²) in [5.74, 6) is -0.526. The number of carbonyl (C=O) groups is 1. The Morgan fingerprint density at radius 3 is 2.76 bits per heavy atom. The molecule has 4 rings (SSSR count). The van der Waals surface area contributed by atoms with Crippen molar-refractivity contribution in [2.24, 2.45) is 5.73 Å². The van der Waals surface area contributed by atoms with Crippen molar-refractivity contribution in [3.63, 3.8) is 0 Å². The van der Waals surface area contributed by atoms with Crippen molar-refractivity contribution in [1.29, 1.82) is 0 Å². The van der Waals surface area contributed by atoms with Gasteiger partial charge >= 0.3 is 6.36 Å². The summed E-state index contributed by atoms with van der Waals surface area (Å²) in [6.45, 7) is 0.900. The molecule has 5 nitrogen and oxygen atoms in total. The molecule has 0 spiro atoms. The third-order valence-corrected chi connectivity index (χ3v) is 5.49. The van der Waals surface area contributed by atoms with Crippen LogP contribution in [0.15, 0.2) is 47.2 Å². The maximum absolute atomic E-state index is 12.7. The van der Waals surface area contributed by atoms with E-state index in [4.69, 9.17) is 5.73 Å². The van der Waals surface area contributed by atoms with Gasteiger partial charge in [-0.15, -0.1) is 13.2 Å². The van der Waals surface area contributed by atoms with E-state index in [9.17, 15) is 18.0 Å². The highest BCUT2D eigenvalue weighted by molar-refractivity contribution is 7.08. The first kappa shape index (κ1) is 19.5. The van der Waals surface area contributed by atoms with E-state index >= 15 is 0 Å². The molecule has 1 amide bonds. The first-order chi connectivity index (χ1) is 13.9. The zero-order valence-electron chi connectivity index (χ0n) is 15.2. The Morgan fingerprint density at radius 1 is 1.24 bits per heavy atom. The molecule has 1 aliphatic rings. The quantitative estimate of drug-likeness (QED) is 0.641. The molecule has 2 aromatic heterocycles. The molecule has 0 saturated carbocycles. The van der Waals surface area contributed by atoms with Gasteiger partial charge in [-0.3, -0.25) is 4.79 Å². The standard InChI is InChI=1S/C20H18F3N3O2S/c21-20(22,23)28-15-3-1-2-12(8-15)16-9-17-19(27)25-10-14(4-6-24)26(17)18(16)13-5-7-29-11-13/h1-3,5,7-9,11,14H,4,6,10,24H2,(H,25,27)/t14-/m0/s1. The molecule has 0 aliphatic carbocycles. The van der Waals surface area contributed by atoms with E-state index in [1.807, 2.05) is 21.4 Å². The van der Waals surface area contributed by atoms with E-state index in [-0.39, 0.29) is 17.7 Å². The zero-order valence-corrected chi connectivity index (χ0v) is 16.0. The highest BCUT2D eigenvalue weighted by Crippen LogP contribution is 2.41. The van der Waals surface area contributed by atoms with Crippen molar-refractivity contribution in [3.8, 4) is 28.1 Å². The minimum absolute atomic E-state index is 0.0362. The normalized spacial score (nSPS) is 16.4. The molecule has 1 atom stereocenters. The maximum atomic E-state index is 12.7. The van der Waals surface area contributed by atoms with Crippen LogP contribution in [0.3, 0.4) is 0 Å². The van der Waals surface area contributed by atoms with Gasteiger partial charge in [0, 0.05) is 23.1 Å². The molecule has 3 heterocycles. The first-order valence-electron chi connectivity index (χ1n) is 8.99. The van der Waals surface area contributed by atoms with E-state index in [1.165, 1.54) is 29.5 Å². The molecule has 0 unspecified atom stereocenters. The molecule has 1 aromatic carbocycles. The highest BCUT2D eigenvalue weighted by atomic mass is 32.1. The van der Waals surface area contributed by atoms with Crippen LogP contribution >= 0.6 is 11.3 Å². The minimum Gasteiger partial charge on any atom is -0.406 e. The molecule has 0 radical (unpaired) electrons. The lowest BCUT2D eigenvalue weighted by atomic mass is 10.0. The Labute approximate surface area is 168 Å². The number of hydrogen-bond donors (Lipinski definition) is 2. The number of nitrogens with zero attached hydrogens (tertiary/aromatic N) is 1. The Kier molecular flexibility index (Phi) is 5.10. The number of ether oxygens (including phenoxy) is 1. The van der Waals surface area contributed by atoms with E-state index < -0.39 is 6.36 Å². The molecular weight excluding hydrogens is 403 g/mol. The van der Waals surface area contributed by atoms with Crippen LogP contribution in [-0.4, -0.2) is 29.9 Å². The monoisotopic (exact) mass is 421 g/mol. The zero-order chi connectivity index (χ0) is 20.6. The van der Waals surface area contributed by atoms with Gasteiger partial charge in [-0.25, -0.2) is 0 Å². The van der Waals surface area contributed by atoms with Crippen LogP contribution in [0.5, 0.6) is 5.75 Å². The molecule has 0 fully saturated rings. The number of hydrogen-bond acceptors (Lipinski definition) is 4. The molecule has 152 valence electrons. The average molecular weight is 421 g/mol. The summed E-state index contributed by atoms with van der Waals surface area (Å²) < 4.78 is 44.0. The van der Waals surface area contributed by atoms with E-state index in [1.54, 1.807) is 12.1 Å². The molecule has 1 aliphatic heterocycles. The van der Waals surface area contributed by atoms with Gasteiger partial charge in [0.15, 0.2) is 0 Å². The molecule has 3 aromatic rings. The molecular formula is C20H18F3N3O2S. The lowest BCUT2D eigenvalue weighted by molar-refractivity contribution is -0.274. The van der Waals surface area contributed by atoms with E-state index in [0.717, 1.165) is 11.3 Å². The summed E-state index contributed by atoms with van der Waals surface area (Å²) in [5.41, 5.74) is 9.13. The van der Waals surface area contributed by atoms with Crippen molar-refractivity contribution in [2.75, 3.05) is 13.1 Å². The average Bonchev–Trinajstić information content (AvgIpc) is 3.30. The molecule has 3 N–H and O–H groups in total. The second-order valence-corrected chi connectivity index (χ2v) is 7.47. The lowest BCUT2D eigenvalue weighted by Crippen LogP contribution is -2.39. The Bertz CT molecular complexity index is 1030. The molecule has 0 saturated heterocycles. The second kappa shape index (κ2) is 7.57. The number of alkyl halides is 3. The number of nitrogens with two attached hydrogens (primary N) is 1. The summed E-state index contributed by atoms with van der Waals surface area (Å²) in [7, 11) is 0. The van der Waals surface area contributed by atoms with Crippen LogP contribution in [0, 0.1) is 0 Å². The Morgan fingerprint density at radius 2 is 2.07 bits per heavy atom. The maximum Gasteiger partial charge on any atom is 0.573 e. The topological polar surface area (TPSA) is 69.3 Å². The van der Waals surface area contributed by atoms with Crippen molar-refractivity contribution in [1.82, 2.24) is 9.88 Å². The number of fused-ring (bicyclic) bond motifs is 1. The van der Waals surface area contributed by atoms with Gasteiger partial charge in [-0.1, -0.05) is 12.1 Å². The van der Waals surface area contributed by atoms with Gasteiger partial charge < -0.3 is 20.4 Å². The lowest BCUT2D eigenvalue weighted by Gasteiger charge is -2.28. The van der Waals surface area contributed by atoms with E-state index in [0.29, 0.717) is 36.3 Å². The molecule has 0 bridgehead atoms. The summed E-state index contributed by atoms with van der Waals surface area (Å²) in [4.78, 5) is 12.5. The smallest absolute Gasteiger partial charge is 0.406 e. The first-order valence-corrected chi connectivity index (χ1v) is 9.94.